The van der Waals surface area contributed by atoms with Gasteiger partial charge in [0, 0.05) is 0 Å². The van der Waals surface area contributed by atoms with Gasteiger partial charge in [-0.2, -0.15) is 0 Å². The van der Waals surface area contributed by atoms with Crippen LogP contribution in [0, 0.1) is 19.3 Å². The van der Waals surface area contributed by atoms with Gasteiger partial charge >= 0.3 is 5.97 Å². The van der Waals surface area contributed by atoms with Gasteiger partial charge in [0.1, 0.15) is 11.2 Å². The lowest BCUT2D eigenvalue weighted by Crippen LogP contribution is -2.26. The Bertz CT molecular complexity index is 527. The average Bonchev–Trinajstić information content (AvgIpc) is 3.08. The zero-order valence-corrected chi connectivity index (χ0v) is 10.7. The van der Waals surface area contributed by atoms with E-state index >= 15 is 0 Å². The fourth-order valence-electron chi connectivity index (χ4n) is 2.31. The number of carboxylic acid groups (broad SMARTS) is 1. The third-order valence-corrected chi connectivity index (χ3v) is 3.46. The van der Waals surface area contributed by atoms with Crippen molar-refractivity contribution in [3.63, 3.8) is 0 Å². The maximum Gasteiger partial charge on any atom is 0.317 e. The number of carbonyl (C=O) groups is 2. The maximum atomic E-state index is 12.4. The molecule has 0 aromatic heterocycles. The minimum absolute atomic E-state index is 0.335. The van der Waals surface area contributed by atoms with Gasteiger partial charge in [0.25, 0.3) is 0 Å². The van der Waals surface area contributed by atoms with E-state index in [0.29, 0.717) is 24.2 Å². The van der Waals surface area contributed by atoms with Crippen LogP contribution in [0.5, 0.6) is 5.75 Å². The van der Waals surface area contributed by atoms with Crippen LogP contribution in [0.15, 0.2) is 12.1 Å². The standard InChI is InChI=1S/C14H16O4/c1-8-6-9(2)11(18-3)10(7-8)12(15)14(4-5-14)13(16)17/h6-7H,4-5H2,1-3H3,(H,16,17). The first-order valence-electron chi connectivity index (χ1n) is 5.86. The van der Waals surface area contributed by atoms with Gasteiger partial charge in [-0.1, -0.05) is 6.07 Å². The summed E-state index contributed by atoms with van der Waals surface area (Å²) in [5, 5.41) is 9.18. The molecule has 1 aliphatic rings. The van der Waals surface area contributed by atoms with E-state index in [4.69, 9.17) is 4.74 Å². The van der Waals surface area contributed by atoms with Crippen molar-refractivity contribution in [2.24, 2.45) is 5.41 Å². The molecule has 96 valence electrons. The molecule has 0 unspecified atom stereocenters. The summed E-state index contributed by atoms with van der Waals surface area (Å²) >= 11 is 0. The SMILES string of the molecule is COc1c(C)cc(C)cc1C(=O)C1(C(=O)O)CC1. The van der Waals surface area contributed by atoms with Gasteiger partial charge < -0.3 is 9.84 Å². The van der Waals surface area contributed by atoms with Crippen LogP contribution in [0.2, 0.25) is 0 Å². The lowest BCUT2D eigenvalue weighted by molar-refractivity contribution is -0.141. The molecule has 0 heterocycles. The molecule has 0 spiro atoms. The number of ether oxygens (including phenoxy) is 1. The normalized spacial score (nSPS) is 16.2. The number of hydrogen-bond acceptors (Lipinski definition) is 3. The molecule has 0 saturated heterocycles. The minimum atomic E-state index is -1.21. The van der Waals surface area contributed by atoms with E-state index in [1.807, 2.05) is 19.9 Å². The van der Waals surface area contributed by atoms with Crippen LogP contribution >= 0.6 is 0 Å². The lowest BCUT2D eigenvalue weighted by atomic mass is 9.92. The fourth-order valence-corrected chi connectivity index (χ4v) is 2.31. The highest BCUT2D eigenvalue weighted by Gasteiger charge is 2.57. The summed E-state index contributed by atoms with van der Waals surface area (Å²) in [6.07, 6.45) is 0.828. The number of benzene rings is 1. The molecule has 0 aliphatic heterocycles. The van der Waals surface area contributed by atoms with E-state index in [9.17, 15) is 14.7 Å². The third kappa shape index (κ3) is 1.78. The molecule has 1 aromatic carbocycles. The van der Waals surface area contributed by atoms with Crippen molar-refractivity contribution in [1.82, 2.24) is 0 Å². The van der Waals surface area contributed by atoms with E-state index in [1.54, 1.807) is 6.07 Å². The Balaban J connectivity index is 2.51. The first kappa shape index (κ1) is 12.6. The molecule has 1 N–H and O–H groups in total. The summed E-state index contributed by atoms with van der Waals surface area (Å²) in [6.45, 7) is 3.73. The smallest absolute Gasteiger partial charge is 0.317 e. The second kappa shape index (κ2) is 4.12. The van der Waals surface area contributed by atoms with Crippen molar-refractivity contribution < 1.29 is 19.4 Å². The monoisotopic (exact) mass is 248 g/mol. The topological polar surface area (TPSA) is 63.6 Å². The molecule has 1 fully saturated rings. The number of aryl methyl sites for hydroxylation is 2. The van der Waals surface area contributed by atoms with E-state index < -0.39 is 11.4 Å². The summed E-state index contributed by atoms with van der Waals surface area (Å²) in [5.74, 6) is -0.884. The Hall–Kier alpha value is -1.84. The Morgan fingerprint density at radius 2 is 1.89 bits per heavy atom. The first-order valence-corrected chi connectivity index (χ1v) is 5.86. The van der Waals surface area contributed by atoms with Gasteiger partial charge in [0.05, 0.1) is 12.7 Å². The van der Waals surface area contributed by atoms with Crippen LogP contribution in [0.4, 0.5) is 0 Å². The second-order valence-electron chi connectivity index (χ2n) is 4.88. The Kier molecular flexibility index (Phi) is 2.89. The molecule has 0 radical (unpaired) electrons. The van der Waals surface area contributed by atoms with Gasteiger partial charge in [-0.25, -0.2) is 0 Å². The molecule has 1 aliphatic carbocycles. The second-order valence-corrected chi connectivity index (χ2v) is 4.88. The molecule has 18 heavy (non-hydrogen) atoms. The highest BCUT2D eigenvalue weighted by Crippen LogP contribution is 2.49. The highest BCUT2D eigenvalue weighted by atomic mass is 16.5. The number of methoxy groups -OCH3 is 1. The van der Waals surface area contributed by atoms with E-state index in [2.05, 4.69) is 0 Å². The molecule has 2 rings (SSSR count). The largest absolute Gasteiger partial charge is 0.496 e. The number of carboxylic acids is 1. The number of hydrogen-bond donors (Lipinski definition) is 1. The van der Waals surface area contributed by atoms with Crippen molar-refractivity contribution in [2.75, 3.05) is 7.11 Å². The van der Waals surface area contributed by atoms with Gasteiger partial charge in [0.15, 0.2) is 5.78 Å². The third-order valence-electron chi connectivity index (χ3n) is 3.46. The maximum absolute atomic E-state index is 12.4. The number of aliphatic carboxylic acids is 1. The number of ketones is 1. The summed E-state index contributed by atoms with van der Waals surface area (Å²) in [4.78, 5) is 23.6. The Labute approximate surface area is 106 Å². The summed E-state index contributed by atoms with van der Waals surface area (Å²) in [7, 11) is 1.49. The van der Waals surface area contributed by atoms with E-state index in [1.165, 1.54) is 7.11 Å². The van der Waals surface area contributed by atoms with E-state index in [-0.39, 0.29) is 5.78 Å². The van der Waals surface area contributed by atoms with Crippen LogP contribution in [0.1, 0.15) is 34.3 Å². The summed E-state index contributed by atoms with van der Waals surface area (Å²) in [5.41, 5.74) is 0.947. The van der Waals surface area contributed by atoms with Gasteiger partial charge in [-0.15, -0.1) is 0 Å². The molecule has 0 atom stereocenters. The zero-order chi connectivity index (χ0) is 13.5. The number of Topliss-reactive ketones (excluding diaryl/α,β-unsaturated/α-hetero) is 1. The average molecular weight is 248 g/mol. The van der Waals surface area contributed by atoms with Crippen molar-refractivity contribution in [1.29, 1.82) is 0 Å². The van der Waals surface area contributed by atoms with Crippen molar-refractivity contribution in [2.45, 2.75) is 26.7 Å². The number of rotatable bonds is 4. The molecule has 0 bridgehead atoms. The molecular weight excluding hydrogens is 232 g/mol. The van der Waals surface area contributed by atoms with Crippen molar-refractivity contribution in [3.8, 4) is 5.75 Å². The fraction of sp³-hybridized carbons (Fsp3) is 0.429. The lowest BCUT2D eigenvalue weighted by Gasteiger charge is -2.15. The van der Waals surface area contributed by atoms with Crippen LogP contribution in [-0.2, 0) is 4.79 Å². The molecule has 1 aromatic rings. The quantitative estimate of drug-likeness (QED) is 0.656. The molecule has 4 nitrogen and oxygen atoms in total. The van der Waals surface area contributed by atoms with Gasteiger partial charge in [-0.05, 0) is 43.9 Å². The van der Waals surface area contributed by atoms with Gasteiger partial charge in [-0.3, -0.25) is 9.59 Å². The first-order chi connectivity index (χ1) is 8.42. The van der Waals surface area contributed by atoms with E-state index in [0.717, 1.165) is 11.1 Å². The van der Waals surface area contributed by atoms with Crippen LogP contribution in [0.25, 0.3) is 0 Å². The Morgan fingerprint density at radius 3 is 2.33 bits per heavy atom. The highest BCUT2D eigenvalue weighted by molar-refractivity contribution is 6.15. The molecular formula is C14H16O4. The summed E-state index contributed by atoms with van der Waals surface area (Å²) < 4.78 is 5.24. The van der Waals surface area contributed by atoms with Crippen molar-refractivity contribution in [3.05, 3.63) is 28.8 Å². The van der Waals surface area contributed by atoms with Crippen LogP contribution in [-0.4, -0.2) is 24.0 Å². The van der Waals surface area contributed by atoms with Gasteiger partial charge in [0.2, 0.25) is 0 Å². The Morgan fingerprint density at radius 1 is 1.28 bits per heavy atom. The van der Waals surface area contributed by atoms with Crippen LogP contribution < -0.4 is 4.74 Å². The predicted octanol–water partition coefficient (Wildman–Crippen LogP) is 2.36. The predicted molar refractivity (Wildman–Crippen MR) is 66.1 cm³/mol. The molecule has 0 amide bonds. The minimum Gasteiger partial charge on any atom is -0.496 e. The molecule has 1 saturated carbocycles. The molecule has 4 heteroatoms. The van der Waals surface area contributed by atoms with Crippen LogP contribution in [0.3, 0.4) is 0 Å². The van der Waals surface area contributed by atoms with Crippen molar-refractivity contribution >= 4 is 11.8 Å². The number of carbonyl (C=O) groups excluding carboxylic acids is 1. The summed E-state index contributed by atoms with van der Waals surface area (Å²) in [6, 6.07) is 3.62. The zero-order valence-electron chi connectivity index (χ0n) is 10.7.